The van der Waals surface area contributed by atoms with Crippen molar-refractivity contribution in [1.29, 1.82) is 0 Å². The van der Waals surface area contributed by atoms with Gasteiger partial charge in [-0.25, -0.2) is 4.85 Å². The minimum absolute atomic E-state index is 0.211. The predicted molar refractivity (Wildman–Crippen MR) is 85.7 cm³/mol. The van der Waals surface area contributed by atoms with E-state index in [1.54, 1.807) is 20.8 Å². The van der Waals surface area contributed by atoms with Gasteiger partial charge in [0.25, 0.3) is 5.69 Å². The molecular formula is C15H20N6O. The van der Waals surface area contributed by atoms with Crippen molar-refractivity contribution in [2.24, 2.45) is 10.5 Å². The first-order chi connectivity index (χ1) is 10.0. The molecule has 1 heterocycles. The van der Waals surface area contributed by atoms with E-state index in [0.717, 1.165) is 0 Å². The Bertz CT molecular complexity index is 686. The Morgan fingerprint density at radius 2 is 1.82 bits per heavy atom. The molecule has 0 aromatic carbocycles. The summed E-state index contributed by atoms with van der Waals surface area (Å²) >= 11 is 0. The molecule has 0 aliphatic carbocycles. The van der Waals surface area contributed by atoms with Crippen molar-refractivity contribution >= 4 is 23.1 Å². The number of hydrogen-bond acceptors (Lipinski definition) is 4. The Balaban J connectivity index is 3.14. The van der Waals surface area contributed by atoms with Gasteiger partial charge < -0.3 is 9.64 Å². The number of anilines is 1. The Kier molecular flexibility index (Phi) is 4.73. The number of carbonyl (C=O) groups is 1. The summed E-state index contributed by atoms with van der Waals surface area (Å²) in [6.45, 7) is 25.4. The smallest absolute Gasteiger partial charge is 0.336 e. The molecule has 0 saturated heterocycles. The molecule has 2 N–H and O–H groups in total. The summed E-state index contributed by atoms with van der Waals surface area (Å²) in [6, 6.07) is 0. The van der Waals surface area contributed by atoms with Crippen molar-refractivity contribution in [3.8, 4) is 0 Å². The molecule has 116 valence electrons. The highest BCUT2D eigenvalue weighted by Gasteiger charge is 2.28. The van der Waals surface area contributed by atoms with Gasteiger partial charge >= 0.3 is 5.84 Å². The number of carbonyl (C=O) groups excluding carboxylic acids is 1. The van der Waals surface area contributed by atoms with Gasteiger partial charge in [-0.05, 0) is 10.5 Å². The number of amidine groups is 1. The molecular weight excluding hydrogens is 280 g/mol. The molecule has 1 aromatic rings. The number of hydrazone groups is 1. The summed E-state index contributed by atoms with van der Waals surface area (Å²) in [6.07, 6.45) is 0. The van der Waals surface area contributed by atoms with Crippen LogP contribution in [0.2, 0.25) is 0 Å². The van der Waals surface area contributed by atoms with Gasteiger partial charge in [0, 0.05) is 11.1 Å². The number of H-pyrrole nitrogens is 1. The van der Waals surface area contributed by atoms with Gasteiger partial charge in [-0.3, -0.25) is 5.10 Å². The highest BCUT2D eigenvalue weighted by atomic mass is 16.1. The third-order valence-electron chi connectivity index (χ3n) is 2.86. The quantitative estimate of drug-likeness (QED) is 0.388. The van der Waals surface area contributed by atoms with Crippen LogP contribution < -0.4 is 5.43 Å². The maximum Gasteiger partial charge on any atom is 0.336 e. The van der Waals surface area contributed by atoms with Crippen molar-refractivity contribution in [3.63, 3.8) is 0 Å². The van der Waals surface area contributed by atoms with Crippen molar-refractivity contribution in [2.45, 2.75) is 47.0 Å². The summed E-state index contributed by atoms with van der Waals surface area (Å²) < 4.78 is 0. The fraction of sp³-hybridized carbons (Fsp3) is 0.533. The van der Waals surface area contributed by atoms with Crippen LogP contribution in [-0.4, -0.2) is 21.8 Å². The van der Waals surface area contributed by atoms with Crippen LogP contribution in [0.1, 0.15) is 47.2 Å². The van der Waals surface area contributed by atoms with Gasteiger partial charge in [-0.1, -0.05) is 48.1 Å². The van der Waals surface area contributed by atoms with E-state index < -0.39 is 5.41 Å². The molecule has 0 saturated carbocycles. The third-order valence-corrected chi connectivity index (χ3v) is 2.86. The van der Waals surface area contributed by atoms with Crippen LogP contribution in [0.15, 0.2) is 5.10 Å². The van der Waals surface area contributed by atoms with Crippen molar-refractivity contribution in [1.82, 2.24) is 10.2 Å². The number of rotatable bonds is 3. The van der Waals surface area contributed by atoms with Crippen LogP contribution in [0, 0.1) is 18.6 Å². The summed E-state index contributed by atoms with van der Waals surface area (Å²) in [5.41, 5.74) is 2.56. The van der Waals surface area contributed by atoms with Crippen molar-refractivity contribution < 1.29 is 4.79 Å². The molecule has 0 radical (unpaired) electrons. The molecule has 0 fully saturated rings. The summed E-state index contributed by atoms with van der Waals surface area (Å²) in [5.74, 6) is -0.419. The fourth-order valence-corrected chi connectivity index (χ4v) is 1.61. The molecule has 0 aliphatic rings. The summed E-state index contributed by atoms with van der Waals surface area (Å²) in [4.78, 5) is 18.7. The van der Waals surface area contributed by atoms with Crippen LogP contribution in [0.3, 0.4) is 0 Å². The minimum Gasteiger partial charge on any atom is -0.356 e. The molecule has 7 nitrogen and oxygen atoms in total. The minimum atomic E-state index is -0.699. The lowest BCUT2D eigenvalue weighted by Gasteiger charge is -2.16. The maximum atomic E-state index is 12.1. The van der Waals surface area contributed by atoms with E-state index in [9.17, 15) is 4.79 Å². The summed E-state index contributed by atoms with van der Waals surface area (Å²) in [7, 11) is 0. The first-order valence-corrected chi connectivity index (χ1v) is 6.74. The number of aromatic nitrogens is 2. The zero-order valence-electron chi connectivity index (χ0n) is 13.7. The molecule has 0 bridgehead atoms. The van der Waals surface area contributed by atoms with E-state index in [1.165, 1.54) is 0 Å². The lowest BCUT2D eigenvalue weighted by atomic mass is 9.90. The number of Topliss-reactive ketones (excluding diaryl/α,β-unsaturated/α-hetero) is 1. The molecule has 1 rings (SSSR count). The number of nitrogens with zero attached hydrogens (tertiary/aromatic N) is 4. The number of hydrogen-bond donors (Lipinski definition) is 2. The predicted octanol–water partition coefficient (Wildman–Crippen LogP) is 3.52. The maximum absolute atomic E-state index is 12.1. The highest BCUT2D eigenvalue weighted by molar-refractivity contribution is 6.44. The van der Waals surface area contributed by atoms with Gasteiger partial charge in [0.1, 0.15) is 0 Å². The molecule has 0 amide bonds. The van der Waals surface area contributed by atoms with E-state index in [1.807, 2.05) is 20.8 Å². The Morgan fingerprint density at radius 3 is 2.23 bits per heavy atom. The average Bonchev–Trinajstić information content (AvgIpc) is 2.81. The lowest BCUT2D eigenvalue weighted by molar-refractivity contribution is -0.119. The Hall–Kier alpha value is -2.67. The zero-order valence-corrected chi connectivity index (χ0v) is 13.7. The fourth-order valence-electron chi connectivity index (χ4n) is 1.61. The van der Waals surface area contributed by atoms with E-state index >= 15 is 0 Å². The molecule has 0 spiro atoms. The zero-order chi connectivity index (χ0) is 17.1. The number of ketones is 1. The van der Waals surface area contributed by atoms with E-state index in [2.05, 4.69) is 30.4 Å². The lowest BCUT2D eigenvalue weighted by Crippen LogP contribution is -2.27. The van der Waals surface area contributed by atoms with Crippen LogP contribution in [-0.2, 0) is 10.2 Å². The first kappa shape index (κ1) is 17.4. The molecule has 0 unspecified atom stereocenters. The molecule has 0 aliphatic heterocycles. The largest absolute Gasteiger partial charge is 0.356 e. The normalized spacial score (nSPS) is 12.5. The first-order valence-electron chi connectivity index (χ1n) is 6.74. The van der Waals surface area contributed by atoms with E-state index in [4.69, 9.17) is 13.1 Å². The number of aromatic amines is 1. The summed E-state index contributed by atoms with van der Waals surface area (Å²) in [5, 5.41) is 10.6. The van der Waals surface area contributed by atoms with Crippen LogP contribution in [0.5, 0.6) is 0 Å². The highest BCUT2D eigenvalue weighted by Crippen LogP contribution is 2.35. The standard InChI is InChI=1S/C15H20N6O/c1-14(2,3)10-9(16-7)12(19-18-10)20-21-13(17-8)11(22)15(4,5)6/h1-6H3,(H2,18,19,20)/b21-13+. The Labute approximate surface area is 130 Å². The second-order valence-electron chi connectivity index (χ2n) is 6.90. The monoisotopic (exact) mass is 300 g/mol. The van der Waals surface area contributed by atoms with Gasteiger partial charge in [-0.2, -0.15) is 10.5 Å². The topological polar surface area (TPSA) is 78.9 Å². The number of nitrogens with one attached hydrogen (secondary N) is 2. The second-order valence-corrected chi connectivity index (χ2v) is 6.90. The van der Waals surface area contributed by atoms with Gasteiger partial charge in [0.05, 0.1) is 6.57 Å². The second kappa shape index (κ2) is 5.98. The third kappa shape index (κ3) is 3.70. The van der Waals surface area contributed by atoms with Gasteiger partial charge in [0.15, 0.2) is 11.6 Å². The van der Waals surface area contributed by atoms with Crippen LogP contribution >= 0.6 is 0 Å². The Morgan fingerprint density at radius 1 is 1.23 bits per heavy atom. The van der Waals surface area contributed by atoms with Crippen molar-refractivity contribution in [3.05, 3.63) is 28.5 Å². The van der Waals surface area contributed by atoms with Gasteiger partial charge in [0.2, 0.25) is 0 Å². The molecule has 1 aromatic heterocycles. The average molecular weight is 300 g/mol. The van der Waals surface area contributed by atoms with Gasteiger partial charge in [-0.15, -0.1) is 0 Å². The SMILES string of the molecule is [C-]#[N+]/C(=N/Nc1n[nH]c(C(C)(C)C)c1[N+]#[C-])C(=O)C(C)(C)C. The van der Waals surface area contributed by atoms with E-state index in [0.29, 0.717) is 11.4 Å². The van der Waals surface area contributed by atoms with Crippen LogP contribution in [0.4, 0.5) is 11.5 Å². The van der Waals surface area contributed by atoms with Crippen molar-refractivity contribution in [2.75, 3.05) is 5.43 Å². The van der Waals surface area contributed by atoms with Crippen LogP contribution in [0.25, 0.3) is 9.69 Å². The molecule has 22 heavy (non-hydrogen) atoms. The van der Waals surface area contributed by atoms with E-state index in [-0.39, 0.29) is 22.9 Å². The molecule has 0 atom stereocenters. The molecule has 7 heteroatoms.